The number of nitrogens with zero attached hydrogens (tertiary/aromatic N) is 2. The summed E-state index contributed by atoms with van der Waals surface area (Å²) in [7, 11) is 0. The highest BCUT2D eigenvalue weighted by molar-refractivity contribution is 5.80. The molecule has 1 N–H and O–H groups in total. The van der Waals surface area contributed by atoms with Crippen molar-refractivity contribution in [2.75, 3.05) is 13.2 Å². The van der Waals surface area contributed by atoms with E-state index in [1.807, 2.05) is 30.3 Å². The first-order valence-electron chi connectivity index (χ1n) is 9.09. The minimum absolute atomic E-state index is 0.146. The molecule has 0 aliphatic rings. The van der Waals surface area contributed by atoms with Crippen LogP contribution in [0, 0.1) is 0 Å². The van der Waals surface area contributed by atoms with Crippen LogP contribution in [0.15, 0.2) is 59.5 Å². The van der Waals surface area contributed by atoms with E-state index in [0.717, 1.165) is 10.9 Å². The van der Waals surface area contributed by atoms with E-state index in [4.69, 9.17) is 14.6 Å². The Morgan fingerprint density at radius 3 is 2.64 bits per heavy atom. The van der Waals surface area contributed by atoms with E-state index in [1.165, 1.54) is 4.68 Å². The Morgan fingerprint density at radius 1 is 1.18 bits per heavy atom. The monoisotopic (exact) mass is 382 g/mol. The number of ether oxygens (including phenoxy) is 2. The first kappa shape index (κ1) is 19.6. The van der Waals surface area contributed by atoms with Gasteiger partial charge >= 0.3 is 5.97 Å². The van der Waals surface area contributed by atoms with Crippen molar-refractivity contribution in [2.24, 2.45) is 0 Å². The number of carbonyl (C=O) groups is 1. The fraction of sp³-hybridized carbons (Fsp3) is 0.286. The Hall–Kier alpha value is -3.19. The van der Waals surface area contributed by atoms with Gasteiger partial charge in [0.25, 0.3) is 5.56 Å². The van der Waals surface area contributed by atoms with E-state index < -0.39 is 12.1 Å². The normalized spacial score (nSPS) is 12.0. The third-order valence-electron chi connectivity index (χ3n) is 4.32. The largest absolute Gasteiger partial charge is 0.492 e. The van der Waals surface area contributed by atoms with Crippen LogP contribution in [0.1, 0.15) is 12.5 Å². The van der Waals surface area contributed by atoms with Gasteiger partial charge in [-0.1, -0.05) is 30.3 Å². The zero-order chi connectivity index (χ0) is 19.9. The summed E-state index contributed by atoms with van der Waals surface area (Å²) in [6, 6.07) is 14.5. The van der Waals surface area contributed by atoms with Gasteiger partial charge in [-0.05, 0) is 30.7 Å². The third-order valence-corrected chi connectivity index (χ3v) is 4.32. The fourth-order valence-electron chi connectivity index (χ4n) is 2.89. The molecule has 0 amide bonds. The molecule has 1 unspecified atom stereocenters. The van der Waals surface area contributed by atoms with Crippen LogP contribution in [0.25, 0.3) is 10.8 Å². The van der Waals surface area contributed by atoms with Crippen molar-refractivity contribution in [1.29, 1.82) is 0 Å². The molecule has 0 radical (unpaired) electrons. The molecule has 0 saturated heterocycles. The lowest BCUT2D eigenvalue weighted by Crippen LogP contribution is -2.26. The average Bonchev–Trinajstić information content (AvgIpc) is 2.70. The molecule has 2 aromatic carbocycles. The van der Waals surface area contributed by atoms with Gasteiger partial charge in [-0.2, -0.15) is 5.10 Å². The summed E-state index contributed by atoms with van der Waals surface area (Å²) in [4.78, 5) is 23.6. The molecule has 1 atom stereocenters. The first-order chi connectivity index (χ1) is 13.6. The van der Waals surface area contributed by atoms with Crippen LogP contribution in [0.5, 0.6) is 5.75 Å². The van der Waals surface area contributed by atoms with Crippen LogP contribution in [0.4, 0.5) is 0 Å². The summed E-state index contributed by atoms with van der Waals surface area (Å²) >= 11 is 0. The van der Waals surface area contributed by atoms with Crippen molar-refractivity contribution in [3.8, 4) is 5.75 Å². The average molecular weight is 382 g/mol. The van der Waals surface area contributed by atoms with Crippen molar-refractivity contribution in [1.82, 2.24) is 9.78 Å². The van der Waals surface area contributed by atoms with Crippen LogP contribution in [0.3, 0.4) is 0 Å². The molecule has 0 spiro atoms. The summed E-state index contributed by atoms with van der Waals surface area (Å²) in [5.41, 5.74) is 0.702. The summed E-state index contributed by atoms with van der Waals surface area (Å²) < 4.78 is 12.3. The van der Waals surface area contributed by atoms with E-state index in [1.54, 1.807) is 31.3 Å². The van der Waals surface area contributed by atoms with Crippen LogP contribution >= 0.6 is 0 Å². The number of rotatable bonds is 9. The predicted molar refractivity (Wildman–Crippen MR) is 105 cm³/mol. The minimum Gasteiger partial charge on any atom is -0.492 e. The van der Waals surface area contributed by atoms with E-state index in [2.05, 4.69) is 5.10 Å². The molecule has 0 saturated carbocycles. The van der Waals surface area contributed by atoms with Gasteiger partial charge in [-0.15, -0.1) is 0 Å². The number of carboxylic acid groups (broad SMARTS) is 1. The third kappa shape index (κ3) is 4.75. The molecular formula is C21H22N2O5. The van der Waals surface area contributed by atoms with Crippen molar-refractivity contribution in [2.45, 2.75) is 26.0 Å². The lowest BCUT2D eigenvalue weighted by atomic mass is 10.1. The lowest BCUT2D eigenvalue weighted by Gasteiger charge is -2.13. The highest BCUT2D eigenvalue weighted by Gasteiger charge is 2.17. The molecule has 0 aliphatic carbocycles. The fourth-order valence-corrected chi connectivity index (χ4v) is 2.89. The Morgan fingerprint density at radius 2 is 1.93 bits per heavy atom. The highest BCUT2D eigenvalue weighted by Crippen LogP contribution is 2.15. The Balaban J connectivity index is 1.57. The van der Waals surface area contributed by atoms with Crippen LogP contribution in [-0.2, 0) is 22.5 Å². The van der Waals surface area contributed by atoms with Gasteiger partial charge < -0.3 is 14.6 Å². The number of fused-ring (bicyclic) bond motifs is 1. The van der Waals surface area contributed by atoms with Gasteiger partial charge in [-0.3, -0.25) is 4.79 Å². The summed E-state index contributed by atoms with van der Waals surface area (Å²) in [6.45, 7) is 2.74. The molecule has 0 aliphatic heterocycles. The zero-order valence-electron chi connectivity index (χ0n) is 15.6. The summed E-state index contributed by atoms with van der Waals surface area (Å²) in [5.74, 6) is -0.337. The van der Waals surface area contributed by atoms with Crippen LogP contribution in [0.2, 0.25) is 0 Å². The molecule has 146 valence electrons. The minimum atomic E-state index is -0.976. The van der Waals surface area contributed by atoms with Gasteiger partial charge in [-0.25, -0.2) is 9.48 Å². The second-order valence-corrected chi connectivity index (χ2v) is 6.24. The zero-order valence-corrected chi connectivity index (χ0v) is 15.6. The van der Waals surface area contributed by atoms with E-state index >= 15 is 0 Å². The maximum atomic E-state index is 12.4. The van der Waals surface area contributed by atoms with Crippen LogP contribution < -0.4 is 10.3 Å². The molecule has 7 heteroatoms. The highest BCUT2D eigenvalue weighted by atomic mass is 16.5. The summed E-state index contributed by atoms with van der Waals surface area (Å²) in [6.07, 6.45) is 1.10. The van der Waals surface area contributed by atoms with Gasteiger partial charge in [0.1, 0.15) is 12.4 Å². The Bertz CT molecular complexity index is 998. The number of aromatic nitrogens is 2. The van der Waals surface area contributed by atoms with E-state index in [0.29, 0.717) is 37.3 Å². The quantitative estimate of drug-likeness (QED) is 0.612. The molecule has 1 aromatic heterocycles. The number of hydrogen-bond acceptors (Lipinski definition) is 5. The second-order valence-electron chi connectivity index (χ2n) is 6.24. The molecule has 0 fully saturated rings. The number of aliphatic carboxylic acids is 1. The Labute approximate surface area is 162 Å². The molecule has 1 heterocycles. The van der Waals surface area contributed by atoms with Crippen LogP contribution in [-0.4, -0.2) is 40.2 Å². The molecule has 0 bridgehead atoms. The standard InChI is InChI=1S/C21H22N2O5/c1-2-27-19(21(25)26)13-15-7-9-17(10-8-15)28-12-11-23-20(24)18-6-4-3-5-16(18)14-22-23/h3-10,14,19H,2,11-13H2,1H3,(H,25,26). The van der Waals surface area contributed by atoms with Crippen molar-refractivity contribution in [3.63, 3.8) is 0 Å². The van der Waals surface area contributed by atoms with E-state index in [-0.39, 0.29) is 5.56 Å². The molecule has 7 nitrogen and oxygen atoms in total. The maximum Gasteiger partial charge on any atom is 0.333 e. The van der Waals surface area contributed by atoms with Crippen molar-refractivity contribution < 1.29 is 19.4 Å². The SMILES string of the molecule is CCOC(Cc1ccc(OCCn2ncc3ccccc3c2=O)cc1)C(=O)O. The van der Waals surface area contributed by atoms with Crippen molar-refractivity contribution >= 4 is 16.7 Å². The van der Waals surface area contributed by atoms with Gasteiger partial charge in [0.05, 0.1) is 18.1 Å². The van der Waals surface area contributed by atoms with Gasteiger partial charge in [0.2, 0.25) is 0 Å². The first-order valence-corrected chi connectivity index (χ1v) is 9.09. The summed E-state index contributed by atoms with van der Waals surface area (Å²) in [5, 5.41) is 14.8. The lowest BCUT2D eigenvalue weighted by molar-refractivity contribution is -0.149. The second kappa shape index (κ2) is 9.14. The molecular weight excluding hydrogens is 360 g/mol. The Kier molecular flexibility index (Phi) is 6.39. The van der Waals surface area contributed by atoms with Gasteiger partial charge in [0, 0.05) is 18.4 Å². The van der Waals surface area contributed by atoms with Gasteiger partial charge in [0.15, 0.2) is 6.10 Å². The topological polar surface area (TPSA) is 90.7 Å². The van der Waals surface area contributed by atoms with E-state index in [9.17, 15) is 9.59 Å². The van der Waals surface area contributed by atoms with Crippen molar-refractivity contribution in [3.05, 3.63) is 70.6 Å². The number of hydrogen-bond donors (Lipinski definition) is 1. The molecule has 3 aromatic rings. The number of benzene rings is 2. The number of carboxylic acids is 1. The smallest absolute Gasteiger partial charge is 0.333 e. The molecule has 3 rings (SSSR count). The maximum absolute atomic E-state index is 12.4. The molecule has 28 heavy (non-hydrogen) atoms. The predicted octanol–water partition coefficient (Wildman–Crippen LogP) is 2.51.